The summed E-state index contributed by atoms with van der Waals surface area (Å²) in [7, 11) is -0.774. The van der Waals surface area contributed by atoms with Crippen LogP contribution in [0.25, 0.3) is 0 Å². The van der Waals surface area contributed by atoms with Crippen LogP contribution < -0.4 is 21.2 Å². The molecule has 0 aliphatic rings. The molecule has 0 aliphatic carbocycles. The maximum absolute atomic E-state index is 9.00. The molecular weight excluding hydrogens is 506 g/mol. The Balaban J connectivity index is 0.000000758. The topological polar surface area (TPSA) is 37.3 Å². The minimum absolute atomic E-state index is 0. The van der Waals surface area contributed by atoms with Crippen LogP contribution in [0, 0.1) is 6.16 Å². The third-order valence-corrected chi connectivity index (χ3v) is 9.75. The molecule has 0 heterocycles. The van der Waals surface area contributed by atoms with E-state index in [1.165, 1.54) is 27.4 Å². The molecule has 5 heteroatoms. The summed E-state index contributed by atoms with van der Waals surface area (Å²) in [5.74, 6) is -0.833. The normalized spacial score (nSPS) is 10.2. The fourth-order valence-electron chi connectivity index (χ4n) is 3.48. The summed E-state index contributed by atoms with van der Waals surface area (Å²) in [5, 5.41) is 13.2. The summed E-state index contributed by atoms with van der Waals surface area (Å²) in [6, 6.07) is 43.9. The van der Waals surface area contributed by atoms with Gasteiger partial charge in [-0.2, -0.15) is 6.42 Å². The molecule has 34 heavy (non-hydrogen) atoms. The van der Waals surface area contributed by atoms with E-state index in [0.29, 0.717) is 0 Å². The Bertz CT molecular complexity index is 912. The number of hydrogen-bond acceptors (Lipinski definition) is 1. The van der Waals surface area contributed by atoms with Crippen LogP contribution in [0.2, 0.25) is 0 Å². The van der Waals surface area contributed by atoms with E-state index in [2.05, 4.69) is 127 Å². The summed E-state index contributed by atoms with van der Waals surface area (Å²) in [5.41, 5.74) is 0. The number of carboxylic acid groups (broad SMARTS) is 1. The molecule has 0 aromatic heterocycles. The van der Waals surface area contributed by atoms with Gasteiger partial charge in [-0.3, -0.25) is 11.0 Å². The first kappa shape index (κ1) is 28.0. The Morgan fingerprint density at radius 1 is 0.647 bits per heavy atom. The van der Waals surface area contributed by atoms with Gasteiger partial charge in [-0.05, 0) is 18.5 Å². The Kier molecular flexibility index (Phi) is 12.8. The third kappa shape index (κ3) is 9.17. The number of carbonyl (C=O) groups is 1. The maximum Gasteiger partial charge on any atom is 1.00 e. The zero-order valence-electron chi connectivity index (χ0n) is 19.1. The van der Waals surface area contributed by atoms with Crippen molar-refractivity contribution in [2.75, 3.05) is 6.16 Å². The molecule has 0 fully saturated rings. The second-order valence-electron chi connectivity index (χ2n) is 7.35. The van der Waals surface area contributed by atoms with Crippen LogP contribution in [-0.4, -0.2) is 17.2 Å². The van der Waals surface area contributed by atoms with Gasteiger partial charge in [0.15, 0.2) is 0 Å². The Labute approximate surface area is 216 Å². The standard InChI is InChI=1S/C27H25P2.C2H4O2.Cu/c1-5-14-24(15-6-1)28(25-16-7-2-8-17-25)22-13-23-29(26-18-9-3-10-19-26)27-20-11-4-12-21-27;1-2(3)4;/h1-12,14-22H,13,23H2;1H3,(H,3,4);/q-1;;+1. The van der Waals surface area contributed by atoms with Gasteiger partial charge in [-0.15, -0.1) is 0 Å². The van der Waals surface area contributed by atoms with Crippen LogP contribution in [0.15, 0.2) is 121 Å². The molecule has 4 aromatic carbocycles. The van der Waals surface area contributed by atoms with Crippen LogP contribution >= 0.6 is 15.8 Å². The molecular formula is C29H29CuO2P2. The third-order valence-electron chi connectivity index (χ3n) is 4.87. The van der Waals surface area contributed by atoms with Gasteiger partial charge in [-0.1, -0.05) is 138 Å². The number of rotatable bonds is 8. The van der Waals surface area contributed by atoms with Crippen LogP contribution in [0.5, 0.6) is 0 Å². The molecule has 0 aliphatic heterocycles. The van der Waals surface area contributed by atoms with Gasteiger partial charge in [-0.25, -0.2) is 7.92 Å². The Morgan fingerprint density at radius 2 is 0.941 bits per heavy atom. The zero-order chi connectivity index (χ0) is 23.3. The summed E-state index contributed by atoms with van der Waals surface area (Å²) < 4.78 is 0. The Hall–Kier alpha value is -2.27. The van der Waals surface area contributed by atoms with Gasteiger partial charge < -0.3 is 5.11 Å². The Morgan fingerprint density at radius 3 is 1.26 bits per heavy atom. The smallest absolute Gasteiger partial charge is 0.481 e. The molecule has 0 spiro atoms. The van der Waals surface area contributed by atoms with Crippen molar-refractivity contribution in [3.63, 3.8) is 0 Å². The summed E-state index contributed by atoms with van der Waals surface area (Å²) in [6.07, 6.45) is 4.87. The van der Waals surface area contributed by atoms with Gasteiger partial charge in [0, 0.05) is 6.92 Å². The van der Waals surface area contributed by atoms with Crippen molar-refractivity contribution in [2.45, 2.75) is 13.3 Å². The summed E-state index contributed by atoms with van der Waals surface area (Å²) in [4.78, 5) is 9.00. The largest absolute Gasteiger partial charge is 1.00 e. The number of carboxylic acids is 1. The molecule has 2 nitrogen and oxygen atoms in total. The van der Waals surface area contributed by atoms with Crippen molar-refractivity contribution in [3.8, 4) is 0 Å². The number of benzene rings is 4. The van der Waals surface area contributed by atoms with E-state index in [0.717, 1.165) is 13.3 Å². The van der Waals surface area contributed by atoms with E-state index in [1.807, 2.05) is 0 Å². The van der Waals surface area contributed by atoms with E-state index in [9.17, 15) is 0 Å². The fourth-order valence-corrected chi connectivity index (χ4v) is 8.04. The van der Waals surface area contributed by atoms with E-state index in [1.54, 1.807) is 0 Å². The maximum atomic E-state index is 9.00. The molecule has 4 rings (SSSR count). The average molecular weight is 535 g/mol. The van der Waals surface area contributed by atoms with E-state index in [-0.39, 0.29) is 25.0 Å². The first-order chi connectivity index (χ1) is 16.1. The van der Waals surface area contributed by atoms with Gasteiger partial charge in [0.2, 0.25) is 0 Å². The van der Waals surface area contributed by atoms with Crippen LogP contribution in [0.3, 0.4) is 0 Å². The molecule has 0 saturated carbocycles. The molecule has 0 atom stereocenters. The van der Waals surface area contributed by atoms with Crippen molar-refractivity contribution >= 4 is 43.0 Å². The van der Waals surface area contributed by atoms with Crippen LogP contribution in [-0.2, 0) is 21.9 Å². The van der Waals surface area contributed by atoms with Gasteiger partial charge in [0.05, 0.1) is 0 Å². The SMILES string of the molecule is CC(=O)O.[Cu+].c1ccc(P([CH-]CCP(c2ccccc2)c2ccccc2)c2ccccc2)cc1. The second-order valence-corrected chi connectivity index (χ2v) is 11.8. The molecule has 0 radical (unpaired) electrons. The predicted molar refractivity (Wildman–Crippen MR) is 145 cm³/mol. The van der Waals surface area contributed by atoms with Crippen molar-refractivity contribution in [2.24, 2.45) is 0 Å². The zero-order valence-corrected chi connectivity index (χ0v) is 21.8. The quantitative estimate of drug-likeness (QED) is 0.174. The van der Waals surface area contributed by atoms with Crippen LogP contribution in [0.4, 0.5) is 0 Å². The van der Waals surface area contributed by atoms with Gasteiger partial charge in [0.1, 0.15) is 0 Å². The van der Waals surface area contributed by atoms with Gasteiger partial charge in [0.25, 0.3) is 5.97 Å². The minimum atomic E-state index is -0.833. The molecule has 1 N–H and O–H groups in total. The molecule has 4 aromatic rings. The summed E-state index contributed by atoms with van der Waals surface area (Å²) >= 11 is 0. The molecule has 0 unspecified atom stereocenters. The molecule has 0 bridgehead atoms. The van der Waals surface area contributed by atoms with Crippen molar-refractivity contribution in [1.29, 1.82) is 0 Å². The van der Waals surface area contributed by atoms with E-state index >= 15 is 0 Å². The average Bonchev–Trinajstić information content (AvgIpc) is 2.86. The molecule has 0 saturated heterocycles. The van der Waals surface area contributed by atoms with Crippen LogP contribution in [0.1, 0.15) is 13.3 Å². The van der Waals surface area contributed by atoms with E-state index in [4.69, 9.17) is 9.90 Å². The molecule has 178 valence electrons. The first-order valence-corrected chi connectivity index (χ1v) is 13.9. The van der Waals surface area contributed by atoms with Crippen molar-refractivity contribution in [1.82, 2.24) is 0 Å². The summed E-state index contributed by atoms with van der Waals surface area (Å²) in [6.45, 7) is 1.08. The predicted octanol–water partition coefficient (Wildman–Crippen LogP) is 5.89. The van der Waals surface area contributed by atoms with Crippen molar-refractivity contribution in [3.05, 3.63) is 127 Å². The first-order valence-electron chi connectivity index (χ1n) is 10.9. The number of hydrogen-bond donors (Lipinski definition) is 1. The minimum Gasteiger partial charge on any atom is -0.481 e. The van der Waals surface area contributed by atoms with Gasteiger partial charge >= 0.3 is 17.1 Å². The second kappa shape index (κ2) is 15.6. The monoisotopic (exact) mass is 534 g/mol. The fraction of sp³-hybridized carbons (Fsp3) is 0.103. The number of aliphatic carboxylic acids is 1. The van der Waals surface area contributed by atoms with Crippen molar-refractivity contribution < 1.29 is 27.0 Å². The molecule has 0 amide bonds. The van der Waals surface area contributed by atoms with E-state index < -0.39 is 13.9 Å².